The van der Waals surface area contributed by atoms with E-state index in [0.29, 0.717) is 6.54 Å². The molecule has 0 bridgehead atoms. The zero-order chi connectivity index (χ0) is 18.8. The van der Waals surface area contributed by atoms with Crippen molar-refractivity contribution in [1.82, 2.24) is 16.0 Å². The Hall–Kier alpha value is -2.12. The quantitative estimate of drug-likeness (QED) is 0.303. The van der Waals surface area contributed by atoms with Crippen LogP contribution in [0.1, 0.15) is 50.2 Å². The predicted octanol–water partition coefficient (Wildman–Crippen LogP) is 1.44. The van der Waals surface area contributed by atoms with Crippen LogP contribution in [0.3, 0.4) is 0 Å². The van der Waals surface area contributed by atoms with Crippen molar-refractivity contribution in [2.24, 2.45) is 10.9 Å². The molecule has 1 aliphatic carbocycles. The van der Waals surface area contributed by atoms with E-state index in [1.807, 2.05) is 24.3 Å². The average molecular weight is 396 g/mol. The van der Waals surface area contributed by atoms with E-state index in [-0.39, 0.29) is 42.8 Å². The summed E-state index contributed by atoms with van der Waals surface area (Å²) < 4.78 is 0. The van der Waals surface area contributed by atoms with Crippen LogP contribution in [0.5, 0.6) is 0 Å². The molecule has 0 aromatic heterocycles. The number of rotatable bonds is 8. The van der Waals surface area contributed by atoms with Gasteiger partial charge in [-0.3, -0.25) is 9.59 Å². The smallest absolute Gasteiger partial charge is 0.239 e. The molecular formula is C19H30ClN5O2. The Balaban J connectivity index is 0.00000364. The number of nitrogens with zero attached hydrogens (tertiary/aromatic N) is 1. The molecule has 1 fully saturated rings. The fraction of sp³-hybridized carbons (Fsp3) is 0.526. The first kappa shape index (κ1) is 22.9. The molecule has 0 saturated heterocycles. The first-order chi connectivity index (χ1) is 12.6. The van der Waals surface area contributed by atoms with Gasteiger partial charge in [-0.25, -0.2) is 0 Å². The molecule has 2 amide bonds. The maximum atomic E-state index is 12.1. The highest BCUT2D eigenvalue weighted by atomic mass is 35.5. The van der Waals surface area contributed by atoms with Gasteiger partial charge in [-0.15, -0.1) is 12.4 Å². The summed E-state index contributed by atoms with van der Waals surface area (Å²) >= 11 is 0. The fourth-order valence-electron chi connectivity index (χ4n) is 3.02. The van der Waals surface area contributed by atoms with Crippen LogP contribution in [-0.2, 0) is 16.1 Å². The lowest BCUT2D eigenvalue weighted by atomic mass is 9.95. The van der Waals surface area contributed by atoms with E-state index in [1.54, 1.807) is 13.1 Å². The van der Waals surface area contributed by atoms with Crippen LogP contribution in [-0.4, -0.2) is 36.7 Å². The van der Waals surface area contributed by atoms with Gasteiger partial charge in [-0.2, -0.15) is 5.10 Å². The van der Waals surface area contributed by atoms with Crippen molar-refractivity contribution in [3.8, 4) is 0 Å². The lowest BCUT2D eigenvalue weighted by molar-refractivity contribution is -0.127. The Morgan fingerprint density at radius 2 is 1.89 bits per heavy atom. The van der Waals surface area contributed by atoms with Gasteiger partial charge < -0.3 is 21.8 Å². The second kappa shape index (κ2) is 12.3. The molecule has 1 aromatic rings. The Kier molecular flexibility index (Phi) is 10.4. The average Bonchev–Trinajstić information content (AvgIpc) is 2.66. The summed E-state index contributed by atoms with van der Waals surface area (Å²) in [7, 11) is 0. The number of hydrazone groups is 1. The third-order valence-electron chi connectivity index (χ3n) is 4.60. The second-order valence-corrected chi connectivity index (χ2v) is 6.74. The highest BCUT2D eigenvalue weighted by molar-refractivity contribution is 5.87. The Morgan fingerprint density at radius 3 is 2.52 bits per heavy atom. The molecule has 8 heteroatoms. The summed E-state index contributed by atoms with van der Waals surface area (Å²) in [5.41, 5.74) is 1.97. The molecule has 0 heterocycles. The van der Waals surface area contributed by atoms with Crippen LogP contribution in [0.25, 0.3) is 0 Å². The molecule has 7 nitrogen and oxygen atoms in total. The summed E-state index contributed by atoms with van der Waals surface area (Å²) in [5.74, 6) is 4.82. The standard InChI is InChI=1S/C19H29N5O2.ClH/c1-14(21-11-15-7-9-16(10-8-15)12-23-20)19(26)22-13-18(25)24-17-5-3-2-4-6-17;/h7-10,12,14,17,21H,2-6,11,13,20H2,1H3,(H,22,26)(H,24,25);1H. The number of halogens is 1. The topological polar surface area (TPSA) is 109 Å². The summed E-state index contributed by atoms with van der Waals surface area (Å²) in [4.78, 5) is 24.1. The van der Waals surface area contributed by atoms with E-state index in [1.165, 1.54) is 6.42 Å². The maximum absolute atomic E-state index is 12.1. The number of benzene rings is 1. The first-order valence-corrected chi connectivity index (χ1v) is 9.21. The van der Waals surface area contributed by atoms with Crippen molar-refractivity contribution < 1.29 is 9.59 Å². The van der Waals surface area contributed by atoms with E-state index < -0.39 is 0 Å². The highest BCUT2D eigenvalue weighted by Gasteiger charge is 2.17. The third kappa shape index (κ3) is 8.41. The van der Waals surface area contributed by atoms with Crippen molar-refractivity contribution in [2.45, 2.75) is 57.7 Å². The van der Waals surface area contributed by atoms with Crippen LogP contribution in [0, 0.1) is 0 Å². The van der Waals surface area contributed by atoms with Crippen LogP contribution in [0.4, 0.5) is 0 Å². The summed E-state index contributed by atoms with van der Waals surface area (Å²) in [6.07, 6.45) is 7.22. The van der Waals surface area contributed by atoms with Gasteiger partial charge in [-0.05, 0) is 30.9 Å². The van der Waals surface area contributed by atoms with Crippen molar-refractivity contribution in [2.75, 3.05) is 6.54 Å². The maximum Gasteiger partial charge on any atom is 0.239 e. The zero-order valence-electron chi connectivity index (χ0n) is 15.7. The number of carbonyl (C=O) groups excluding carboxylic acids is 2. The van der Waals surface area contributed by atoms with E-state index in [9.17, 15) is 9.59 Å². The normalized spacial score (nSPS) is 15.7. The van der Waals surface area contributed by atoms with Crippen molar-refractivity contribution in [1.29, 1.82) is 0 Å². The molecule has 1 aliphatic rings. The van der Waals surface area contributed by atoms with E-state index >= 15 is 0 Å². The molecule has 27 heavy (non-hydrogen) atoms. The van der Waals surface area contributed by atoms with Crippen molar-refractivity contribution in [3.63, 3.8) is 0 Å². The molecule has 0 aliphatic heterocycles. The SMILES string of the molecule is CC(NCc1ccc(C=NN)cc1)C(=O)NCC(=O)NC1CCCCC1.Cl. The highest BCUT2D eigenvalue weighted by Crippen LogP contribution is 2.17. The molecule has 0 spiro atoms. The predicted molar refractivity (Wildman–Crippen MR) is 110 cm³/mol. The molecule has 2 rings (SSSR count). The molecule has 1 atom stereocenters. The lowest BCUT2D eigenvalue weighted by Crippen LogP contribution is -2.47. The van der Waals surface area contributed by atoms with Gasteiger partial charge in [0.1, 0.15) is 0 Å². The molecule has 5 N–H and O–H groups in total. The van der Waals surface area contributed by atoms with Gasteiger partial charge in [0.25, 0.3) is 0 Å². The van der Waals surface area contributed by atoms with Crippen molar-refractivity contribution in [3.05, 3.63) is 35.4 Å². The Morgan fingerprint density at radius 1 is 1.22 bits per heavy atom. The fourth-order valence-corrected chi connectivity index (χ4v) is 3.02. The first-order valence-electron chi connectivity index (χ1n) is 9.21. The molecule has 150 valence electrons. The van der Waals surface area contributed by atoms with Crippen LogP contribution < -0.4 is 21.8 Å². The molecule has 0 radical (unpaired) electrons. The Labute approximate surface area is 167 Å². The number of nitrogens with two attached hydrogens (primary N) is 1. The van der Waals surface area contributed by atoms with Gasteiger partial charge in [0.15, 0.2) is 0 Å². The minimum absolute atomic E-state index is 0. The third-order valence-corrected chi connectivity index (χ3v) is 4.60. The lowest BCUT2D eigenvalue weighted by Gasteiger charge is -2.23. The number of amides is 2. The monoisotopic (exact) mass is 395 g/mol. The van der Waals surface area contributed by atoms with E-state index in [2.05, 4.69) is 21.1 Å². The minimum atomic E-state index is -0.386. The van der Waals surface area contributed by atoms with Gasteiger partial charge in [0.05, 0.1) is 18.8 Å². The minimum Gasteiger partial charge on any atom is -0.352 e. The number of carbonyl (C=O) groups is 2. The largest absolute Gasteiger partial charge is 0.352 e. The number of hydrogen-bond acceptors (Lipinski definition) is 5. The van der Waals surface area contributed by atoms with E-state index in [0.717, 1.165) is 36.8 Å². The molecule has 1 saturated carbocycles. The van der Waals surface area contributed by atoms with Crippen LogP contribution in [0.15, 0.2) is 29.4 Å². The number of hydrogen-bond donors (Lipinski definition) is 4. The van der Waals surface area contributed by atoms with Gasteiger partial charge >= 0.3 is 0 Å². The number of nitrogens with one attached hydrogen (secondary N) is 3. The molecular weight excluding hydrogens is 366 g/mol. The summed E-state index contributed by atoms with van der Waals surface area (Å²) in [6.45, 7) is 2.36. The molecule has 1 aromatic carbocycles. The van der Waals surface area contributed by atoms with Crippen LogP contribution in [0.2, 0.25) is 0 Å². The summed E-state index contributed by atoms with van der Waals surface area (Å²) in [6, 6.07) is 7.60. The van der Waals surface area contributed by atoms with Gasteiger partial charge in [-0.1, -0.05) is 43.5 Å². The van der Waals surface area contributed by atoms with Gasteiger partial charge in [0, 0.05) is 12.6 Å². The van der Waals surface area contributed by atoms with Crippen molar-refractivity contribution >= 4 is 30.4 Å². The van der Waals surface area contributed by atoms with Gasteiger partial charge in [0.2, 0.25) is 11.8 Å². The molecule has 1 unspecified atom stereocenters. The Bertz CT molecular complexity index is 615. The zero-order valence-corrected chi connectivity index (χ0v) is 16.6. The second-order valence-electron chi connectivity index (χ2n) is 6.74. The van der Waals surface area contributed by atoms with E-state index in [4.69, 9.17) is 5.84 Å². The van der Waals surface area contributed by atoms with Crippen LogP contribution >= 0.6 is 12.4 Å². The summed E-state index contributed by atoms with van der Waals surface area (Å²) in [5, 5.41) is 12.3.